The molecule has 2 atom stereocenters. The molecule has 336 valence electrons. The van der Waals surface area contributed by atoms with Crippen LogP contribution in [0.5, 0.6) is 5.75 Å². The molecule has 0 bridgehead atoms. The zero-order chi connectivity index (χ0) is 45.4. The summed E-state index contributed by atoms with van der Waals surface area (Å²) in [7, 11) is 0. The Hall–Kier alpha value is -5.10. The van der Waals surface area contributed by atoms with Crippen molar-refractivity contribution in [2.24, 2.45) is 5.92 Å². The smallest absolute Gasteiger partial charge is 0.407 e. The minimum atomic E-state index is -1.05. The van der Waals surface area contributed by atoms with Crippen LogP contribution in [0.2, 0.25) is 0 Å². The molecule has 3 aromatic rings. The first-order valence-electron chi connectivity index (χ1n) is 21.4. The normalized spacial score (nSPS) is 13.1. The van der Waals surface area contributed by atoms with E-state index in [2.05, 4.69) is 15.5 Å². The molecular formula is C49H72N4O8. The number of benzene rings is 3. The Labute approximate surface area is 365 Å². The summed E-state index contributed by atoms with van der Waals surface area (Å²) in [5, 5.41) is 5.76. The summed E-state index contributed by atoms with van der Waals surface area (Å²) < 4.78 is 23.2. The SMILES string of the molecule is CC(C)(C)OC(=O)NCCCCN(C[C@H](CN(Cc1ccccc1)Cc1ccccc1)C(=O)OC(C)(C)C)C(=O)N[C@@H](Cc1ccc(OC(C)(C)C)cc1)C(=O)OC(C)(C)C. The van der Waals surface area contributed by atoms with Crippen molar-refractivity contribution in [3.05, 3.63) is 102 Å². The van der Waals surface area contributed by atoms with Crippen LogP contribution in [0, 0.1) is 5.92 Å². The average molecular weight is 845 g/mol. The zero-order valence-electron chi connectivity index (χ0n) is 38.8. The maximum absolute atomic E-state index is 14.6. The second-order valence-corrected chi connectivity index (χ2v) is 19.6. The van der Waals surface area contributed by atoms with Crippen LogP contribution in [-0.2, 0) is 43.3 Å². The van der Waals surface area contributed by atoms with Crippen LogP contribution in [0.4, 0.5) is 9.59 Å². The molecular weight excluding hydrogens is 773 g/mol. The maximum Gasteiger partial charge on any atom is 0.407 e. The Balaban J connectivity index is 1.98. The lowest BCUT2D eigenvalue weighted by Crippen LogP contribution is -2.53. The molecule has 0 aliphatic carbocycles. The number of carbonyl (C=O) groups is 4. The predicted molar refractivity (Wildman–Crippen MR) is 240 cm³/mol. The van der Waals surface area contributed by atoms with Crippen molar-refractivity contribution in [3.63, 3.8) is 0 Å². The van der Waals surface area contributed by atoms with Crippen LogP contribution in [0.3, 0.4) is 0 Å². The van der Waals surface area contributed by atoms with Gasteiger partial charge in [0, 0.05) is 45.7 Å². The third-order valence-corrected chi connectivity index (χ3v) is 8.74. The molecule has 3 rings (SSSR count). The number of urea groups is 1. The third kappa shape index (κ3) is 21.3. The number of ether oxygens (including phenoxy) is 4. The number of nitrogens with one attached hydrogen (secondary N) is 2. The van der Waals surface area contributed by atoms with E-state index in [0.29, 0.717) is 38.2 Å². The van der Waals surface area contributed by atoms with Crippen LogP contribution in [0.15, 0.2) is 84.9 Å². The van der Waals surface area contributed by atoms with Crippen LogP contribution < -0.4 is 15.4 Å². The van der Waals surface area contributed by atoms with Crippen LogP contribution in [-0.4, -0.2) is 88.5 Å². The molecule has 0 spiro atoms. The highest BCUT2D eigenvalue weighted by atomic mass is 16.6. The Bertz CT molecular complexity index is 1770. The molecule has 0 radical (unpaired) electrons. The summed E-state index contributed by atoms with van der Waals surface area (Å²) in [5.41, 5.74) is 0.320. The number of hydrogen-bond acceptors (Lipinski definition) is 9. The predicted octanol–water partition coefficient (Wildman–Crippen LogP) is 9.09. The monoisotopic (exact) mass is 845 g/mol. The van der Waals surface area contributed by atoms with E-state index in [9.17, 15) is 19.2 Å². The molecule has 0 aromatic heterocycles. The van der Waals surface area contributed by atoms with E-state index in [-0.39, 0.29) is 31.7 Å². The molecule has 3 aromatic carbocycles. The topological polar surface area (TPSA) is 136 Å². The van der Waals surface area contributed by atoms with E-state index in [1.54, 1.807) is 46.4 Å². The van der Waals surface area contributed by atoms with Gasteiger partial charge in [0.2, 0.25) is 0 Å². The van der Waals surface area contributed by atoms with Gasteiger partial charge in [0.1, 0.15) is 34.2 Å². The number of unbranched alkanes of at least 4 members (excludes halogenated alkanes) is 1. The van der Waals surface area contributed by atoms with E-state index in [1.807, 2.05) is 126 Å². The Morgan fingerprint density at radius 1 is 0.574 bits per heavy atom. The third-order valence-electron chi connectivity index (χ3n) is 8.74. The average Bonchev–Trinajstić information content (AvgIpc) is 3.12. The molecule has 0 aliphatic heterocycles. The number of rotatable bonds is 19. The fourth-order valence-corrected chi connectivity index (χ4v) is 6.34. The fraction of sp³-hybridized carbons (Fsp3) is 0.551. The lowest BCUT2D eigenvalue weighted by Gasteiger charge is -2.33. The zero-order valence-corrected chi connectivity index (χ0v) is 38.8. The lowest BCUT2D eigenvalue weighted by atomic mass is 10.0. The first-order chi connectivity index (χ1) is 28.3. The summed E-state index contributed by atoms with van der Waals surface area (Å²) in [4.78, 5) is 58.7. The van der Waals surface area contributed by atoms with Crippen LogP contribution >= 0.6 is 0 Å². The second kappa shape index (κ2) is 22.7. The van der Waals surface area contributed by atoms with Gasteiger partial charge in [-0.25, -0.2) is 14.4 Å². The van der Waals surface area contributed by atoms with Gasteiger partial charge in [-0.05, 0) is 125 Å². The summed E-state index contributed by atoms with van der Waals surface area (Å²) in [5.74, 6) is -1.11. The van der Waals surface area contributed by atoms with Gasteiger partial charge in [-0.15, -0.1) is 0 Å². The Morgan fingerprint density at radius 2 is 1.08 bits per heavy atom. The molecule has 12 nitrogen and oxygen atoms in total. The number of carbonyl (C=O) groups excluding carboxylic acids is 4. The molecule has 0 aliphatic rings. The lowest BCUT2D eigenvalue weighted by molar-refractivity contribution is -0.161. The Morgan fingerprint density at radius 3 is 1.57 bits per heavy atom. The molecule has 0 saturated carbocycles. The van der Waals surface area contributed by atoms with Gasteiger partial charge >= 0.3 is 24.1 Å². The molecule has 12 heteroatoms. The van der Waals surface area contributed by atoms with Crippen LogP contribution in [0.25, 0.3) is 0 Å². The minimum absolute atomic E-state index is 0.000196. The number of esters is 2. The molecule has 61 heavy (non-hydrogen) atoms. The summed E-state index contributed by atoms with van der Waals surface area (Å²) in [6.45, 7) is 24.0. The standard InChI is InChI=1S/C49H72N4O8/c1-46(2,3)58-40-27-25-36(26-28-40)31-41(43(55)60-48(7,8)9)51-44(56)53(30-20-19-29-50-45(57)61-49(10,11)12)35-39(42(54)59-47(4,5)6)34-52(32-37-21-15-13-16-22-37)33-38-23-17-14-18-24-38/h13-18,21-28,39,41H,19-20,29-35H2,1-12H3,(H,50,57)(H,51,56)/t39-,41-/m0/s1. The number of hydrogen-bond donors (Lipinski definition) is 2. The Kier molecular flexibility index (Phi) is 18.7. The number of alkyl carbamates (subject to hydrolysis) is 1. The maximum atomic E-state index is 14.6. The van der Waals surface area contributed by atoms with Gasteiger partial charge in [-0.2, -0.15) is 0 Å². The summed E-state index contributed by atoms with van der Waals surface area (Å²) >= 11 is 0. The first-order valence-corrected chi connectivity index (χ1v) is 21.4. The van der Waals surface area contributed by atoms with Gasteiger partial charge < -0.3 is 34.5 Å². The molecule has 3 amide bonds. The fourth-order valence-electron chi connectivity index (χ4n) is 6.34. The summed E-state index contributed by atoms with van der Waals surface area (Å²) in [6.07, 6.45) is 0.630. The van der Waals surface area contributed by atoms with Crippen molar-refractivity contribution >= 4 is 24.1 Å². The van der Waals surface area contributed by atoms with Crippen molar-refractivity contribution in [2.45, 2.75) is 144 Å². The quantitative estimate of drug-likeness (QED) is 0.0688. The van der Waals surface area contributed by atoms with Crippen molar-refractivity contribution in [1.82, 2.24) is 20.4 Å². The van der Waals surface area contributed by atoms with Crippen molar-refractivity contribution in [2.75, 3.05) is 26.2 Å². The second-order valence-electron chi connectivity index (χ2n) is 19.6. The molecule has 0 unspecified atom stereocenters. The van der Waals surface area contributed by atoms with E-state index in [4.69, 9.17) is 18.9 Å². The van der Waals surface area contributed by atoms with E-state index in [0.717, 1.165) is 16.7 Å². The molecule has 0 heterocycles. The summed E-state index contributed by atoms with van der Waals surface area (Å²) in [6, 6.07) is 25.9. The number of nitrogens with zero attached hydrogens (tertiary/aromatic N) is 2. The van der Waals surface area contributed by atoms with Gasteiger partial charge in [0.15, 0.2) is 0 Å². The number of amides is 3. The van der Waals surface area contributed by atoms with Gasteiger partial charge in [-0.1, -0.05) is 72.8 Å². The van der Waals surface area contributed by atoms with Gasteiger partial charge in [0.05, 0.1) is 5.92 Å². The van der Waals surface area contributed by atoms with Crippen molar-refractivity contribution in [3.8, 4) is 5.75 Å². The van der Waals surface area contributed by atoms with E-state index < -0.39 is 52.8 Å². The first kappa shape index (κ1) is 50.3. The largest absolute Gasteiger partial charge is 0.488 e. The highest BCUT2D eigenvalue weighted by Crippen LogP contribution is 2.22. The minimum Gasteiger partial charge on any atom is -0.488 e. The molecule has 0 fully saturated rings. The van der Waals surface area contributed by atoms with Crippen molar-refractivity contribution < 1.29 is 38.1 Å². The van der Waals surface area contributed by atoms with E-state index in [1.165, 1.54) is 0 Å². The van der Waals surface area contributed by atoms with Crippen LogP contribution in [0.1, 0.15) is 113 Å². The van der Waals surface area contributed by atoms with Gasteiger partial charge in [0.25, 0.3) is 0 Å². The van der Waals surface area contributed by atoms with Gasteiger partial charge in [-0.3, -0.25) is 9.69 Å². The van der Waals surface area contributed by atoms with E-state index >= 15 is 0 Å². The molecule has 2 N–H and O–H groups in total. The molecule has 0 saturated heterocycles. The highest BCUT2D eigenvalue weighted by Gasteiger charge is 2.33. The van der Waals surface area contributed by atoms with Crippen molar-refractivity contribution in [1.29, 1.82) is 0 Å². The highest BCUT2D eigenvalue weighted by molar-refractivity contribution is 5.84.